The predicted molar refractivity (Wildman–Crippen MR) is 77.3 cm³/mol. The molecule has 0 aliphatic carbocycles. The third-order valence-electron chi connectivity index (χ3n) is 2.64. The summed E-state index contributed by atoms with van der Waals surface area (Å²) in [7, 11) is 0. The number of non-ortho nitro benzene ring substituents is 1. The van der Waals surface area contributed by atoms with Crippen LogP contribution in [0.15, 0.2) is 18.2 Å². The summed E-state index contributed by atoms with van der Waals surface area (Å²) in [5, 5.41) is 10.8. The van der Waals surface area contributed by atoms with Crippen molar-refractivity contribution in [1.29, 1.82) is 0 Å². The molecule has 0 aliphatic rings. The lowest BCUT2D eigenvalue weighted by Crippen LogP contribution is -2.40. The van der Waals surface area contributed by atoms with E-state index in [2.05, 4.69) is 4.72 Å². The molecule has 1 N–H and O–H groups in total. The first kappa shape index (κ1) is 15.9. The number of benzene rings is 1. The van der Waals surface area contributed by atoms with Gasteiger partial charge in [0.1, 0.15) is 4.75 Å². The number of nitrogens with one attached hydrogen (secondary N) is 1. The Kier molecular flexibility index (Phi) is 4.95. The van der Waals surface area contributed by atoms with Crippen molar-refractivity contribution in [2.24, 2.45) is 0 Å². The lowest BCUT2D eigenvalue weighted by atomic mass is 10.1. The zero-order valence-corrected chi connectivity index (χ0v) is 12.7. The Morgan fingerprint density at radius 3 is 2.37 bits per heavy atom. The Hall–Kier alpha value is -1.11. The third kappa shape index (κ3) is 4.49. The van der Waals surface area contributed by atoms with Crippen LogP contribution in [0.1, 0.15) is 44.9 Å². The normalized spacial score (nSPS) is 15.1. The van der Waals surface area contributed by atoms with Crippen molar-refractivity contribution in [3.8, 4) is 0 Å². The van der Waals surface area contributed by atoms with Crippen molar-refractivity contribution in [2.45, 2.75) is 45.4 Å². The number of hydrogen-bond acceptors (Lipinski definition) is 4. The van der Waals surface area contributed by atoms with Crippen LogP contribution in [0.5, 0.6) is 0 Å². The Balaban J connectivity index is 2.94. The van der Waals surface area contributed by atoms with Crippen LogP contribution < -0.4 is 4.72 Å². The lowest BCUT2D eigenvalue weighted by molar-refractivity contribution is -0.385. The van der Waals surface area contributed by atoms with Gasteiger partial charge in [-0.1, -0.05) is 6.07 Å². The molecule has 6 heteroatoms. The van der Waals surface area contributed by atoms with Crippen LogP contribution in [0.3, 0.4) is 0 Å². The molecule has 19 heavy (non-hydrogen) atoms. The maximum Gasteiger partial charge on any atom is 0.270 e. The van der Waals surface area contributed by atoms with Crippen LogP contribution in [-0.2, 0) is 11.4 Å². The number of nitro benzene ring substituents is 1. The van der Waals surface area contributed by atoms with Crippen LogP contribution in [-0.4, -0.2) is 14.2 Å². The Morgan fingerprint density at radius 1 is 1.32 bits per heavy atom. The molecule has 0 aliphatic heterocycles. The summed E-state index contributed by atoms with van der Waals surface area (Å²) < 4.78 is 14.6. The van der Waals surface area contributed by atoms with Gasteiger partial charge >= 0.3 is 0 Å². The second-order valence-electron chi connectivity index (χ2n) is 5.58. The molecule has 0 aromatic heterocycles. The summed E-state index contributed by atoms with van der Waals surface area (Å²) in [5.74, 6) is 0. The SMILES string of the molecule is Cc1cc([C@@H](C)N[S+]([O-])C(C)(C)C)cc([N+](=O)[O-])c1. The van der Waals surface area contributed by atoms with Crippen LogP contribution in [0.4, 0.5) is 5.69 Å². The minimum atomic E-state index is -1.21. The molecule has 1 aromatic rings. The second-order valence-corrected chi connectivity index (χ2v) is 7.58. The van der Waals surface area contributed by atoms with Gasteiger partial charge in [-0.05, 0) is 45.7 Å². The number of nitrogens with zero attached hydrogens (tertiary/aromatic N) is 1. The Bertz CT molecular complexity index is 471. The van der Waals surface area contributed by atoms with E-state index in [4.69, 9.17) is 0 Å². The van der Waals surface area contributed by atoms with Gasteiger partial charge in [0.15, 0.2) is 0 Å². The first-order chi connectivity index (χ1) is 8.61. The molecule has 0 saturated carbocycles. The number of rotatable bonds is 4. The summed E-state index contributed by atoms with van der Waals surface area (Å²) in [6.07, 6.45) is 0. The fraction of sp³-hybridized carbons (Fsp3) is 0.538. The molecular weight excluding hydrogens is 264 g/mol. The zero-order chi connectivity index (χ0) is 14.8. The smallest absolute Gasteiger partial charge is 0.270 e. The van der Waals surface area contributed by atoms with Crippen molar-refractivity contribution in [3.63, 3.8) is 0 Å². The van der Waals surface area contributed by atoms with Gasteiger partial charge in [0.2, 0.25) is 0 Å². The Morgan fingerprint density at radius 2 is 1.89 bits per heavy atom. The van der Waals surface area contributed by atoms with Gasteiger partial charge < -0.3 is 4.55 Å². The monoisotopic (exact) mass is 284 g/mol. The average Bonchev–Trinajstić information content (AvgIpc) is 2.26. The van der Waals surface area contributed by atoms with E-state index in [9.17, 15) is 14.7 Å². The number of aryl methyl sites for hydroxylation is 1. The summed E-state index contributed by atoms with van der Waals surface area (Å²) in [5.41, 5.74) is 1.65. The van der Waals surface area contributed by atoms with E-state index >= 15 is 0 Å². The van der Waals surface area contributed by atoms with Crippen LogP contribution in [0, 0.1) is 17.0 Å². The minimum absolute atomic E-state index is 0.0604. The first-order valence-electron chi connectivity index (χ1n) is 6.05. The fourth-order valence-electron chi connectivity index (χ4n) is 1.55. The van der Waals surface area contributed by atoms with Gasteiger partial charge in [0, 0.05) is 23.5 Å². The summed E-state index contributed by atoms with van der Waals surface area (Å²) in [4.78, 5) is 10.4. The van der Waals surface area contributed by atoms with Gasteiger partial charge in [-0.2, -0.15) is 0 Å². The summed E-state index contributed by atoms with van der Waals surface area (Å²) in [6, 6.07) is 4.70. The second kappa shape index (κ2) is 5.90. The molecule has 1 unspecified atom stereocenters. The minimum Gasteiger partial charge on any atom is -0.598 e. The fourth-order valence-corrected chi connectivity index (χ4v) is 2.36. The Labute approximate surface area is 116 Å². The van der Waals surface area contributed by atoms with Crippen LogP contribution >= 0.6 is 0 Å². The molecule has 0 fully saturated rings. The highest BCUT2D eigenvalue weighted by molar-refractivity contribution is 7.90. The van der Waals surface area contributed by atoms with Gasteiger partial charge in [-0.25, -0.2) is 0 Å². The highest BCUT2D eigenvalue weighted by Crippen LogP contribution is 2.24. The van der Waals surface area contributed by atoms with Gasteiger partial charge in [0.05, 0.1) is 11.0 Å². The highest BCUT2D eigenvalue weighted by atomic mass is 32.2. The standard InChI is InChI=1S/C13H20N2O3S/c1-9-6-11(8-12(7-9)15(16)17)10(2)14-19(18)13(3,4)5/h6-8,10,14H,1-5H3/t10-,19?/m1/s1. The maximum atomic E-state index is 12.0. The molecule has 5 nitrogen and oxygen atoms in total. The van der Waals surface area contributed by atoms with E-state index in [0.29, 0.717) is 0 Å². The maximum absolute atomic E-state index is 12.0. The summed E-state index contributed by atoms with van der Waals surface area (Å²) >= 11 is -1.21. The molecule has 0 bridgehead atoms. The molecule has 0 spiro atoms. The van der Waals surface area contributed by atoms with Gasteiger partial charge in [0.25, 0.3) is 5.69 Å². The molecule has 0 radical (unpaired) electrons. The van der Waals surface area contributed by atoms with Crippen molar-refractivity contribution in [1.82, 2.24) is 4.72 Å². The molecule has 0 saturated heterocycles. The van der Waals surface area contributed by atoms with E-state index in [-0.39, 0.29) is 16.5 Å². The van der Waals surface area contributed by atoms with Crippen molar-refractivity contribution in [2.75, 3.05) is 0 Å². The van der Waals surface area contributed by atoms with E-state index < -0.39 is 16.3 Å². The predicted octanol–water partition coefficient (Wildman–Crippen LogP) is 3.02. The molecule has 1 aromatic carbocycles. The lowest BCUT2D eigenvalue weighted by Gasteiger charge is -2.26. The van der Waals surface area contributed by atoms with Gasteiger partial charge in [-0.3, -0.25) is 10.1 Å². The molecule has 1 rings (SSSR count). The third-order valence-corrected chi connectivity index (χ3v) is 4.32. The van der Waals surface area contributed by atoms with E-state index in [0.717, 1.165) is 11.1 Å². The van der Waals surface area contributed by atoms with Crippen molar-refractivity contribution < 1.29 is 9.48 Å². The molecule has 2 atom stereocenters. The van der Waals surface area contributed by atoms with Crippen molar-refractivity contribution in [3.05, 3.63) is 39.4 Å². The van der Waals surface area contributed by atoms with Crippen molar-refractivity contribution >= 4 is 17.0 Å². The number of nitro groups is 1. The van der Waals surface area contributed by atoms with E-state index in [1.165, 1.54) is 12.1 Å². The molecule has 0 heterocycles. The molecular formula is C13H20N2O3S. The highest BCUT2D eigenvalue weighted by Gasteiger charge is 2.28. The first-order valence-corrected chi connectivity index (χ1v) is 7.20. The largest absolute Gasteiger partial charge is 0.598 e. The molecule has 106 valence electrons. The quantitative estimate of drug-likeness (QED) is 0.523. The average molecular weight is 284 g/mol. The van der Waals surface area contributed by atoms with Crippen LogP contribution in [0.25, 0.3) is 0 Å². The topological polar surface area (TPSA) is 78.2 Å². The van der Waals surface area contributed by atoms with E-state index in [1.807, 2.05) is 40.7 Å². The number of hydrogen-bond donors (Lipinski definition) is 1. The van der Waals surface area contributed by atoms with Crippen LogP contribution in [0.2, 0.25) is 0 Å². The summed E-state index contributed by atoms with van der Waals surface area (Å²) in [6.45, 7) is 9.29. The van der Waals surface area contributed by atoms with E-state index in [1.54, 1.807) is 0 Å². The van der Waals surface area contributed by atoms with Gasteiger partial charge in [-0.15, -0.1) is 4.72 Å². The molecule has 0 amide bonds. The zero-order valence-electron chi connectivity index (χ0n) is 11.9.